The van der Waals surface area contributed by atoms with Crippen molar-refractivity contribution in [2.75, 3.05) is 5.32 Å². The molecule has 21 heavy (non-hydrogen) atoms. The van der Waals surface area contributed by atoms with Gasteiger partial charge < -0.3 is 21.1 Å². The molecule has 1 aliphatic carbocycles. The van der Waals surface area contributed by atoms with Gasteiger partial charge in [-0.3, -0.25) is 14.3 Å². The monoisotopic (exact) mass is 295 g/mol. The summed E-state index contributed by atoms with van der Waals surface area (Å²) in [5.41, 5.74) is 0.351. The largest absolute Gasteiger partial charge is 0.480 e. The second kappa shape index (κ2) is 6.25. The molecule has 0 spiro atoms. The van der Waals surface area contributed by atoms with Gasteiger partial charge >= 0.3 is 12.0 Å². The van der Waals surface area contributed by atoms with Gasteiger partial charge in [0.1, 0.15) is 12.6 Å². The number of nitrogens with one attached hydrogen (secondary N) is 3. The lowest BCUT2D eigenvalue weighted by molar-refractivity contribution is -0.137. The van der Waals surface area contributed by atoms with Crippen LogP contribution < -0.4 is 16.0 Å². The predicted octanol–water partition coefficient (Wildman–Crippen LogP) is -0.244. The topological polar surface area (TPSA) is 125 Å². The maximum absolute atomic E-state index is 11.7. The van der Waals surface area contributed by atoms with Crippen LogP contribution in [-0.2, 0) is 16.1 Å². The SMILES string of the molecule is CC(NC(=O)Nc1cnn(CC(=O)O)c1)C(=O)NC1CC1. The Hall–Kier alpha value is -2.58. The molecular weight excluding hydrogens is 278 g/mol. The summed E-state index contributed by atoms with van der Waals surface area (Å²) in [4.78, 5) is 33.9. The smallest absolute Gasteiger partial charge is 0.325 e. The van der Waals surface area contributed by atoms with Crippen LogP contribution >= 0.6 is 0 Å². The Balaban J connectivity index is 1.78. The van der Waals surface area contributed by atoms with E-state index in [9.17, 15) is 14.4 Å². The van der Waals surface area contributed by atoms with Crippen LogP contribution in [0.4, 0.5) is 10.5 Å². The fraction of sp³-hybridized carbons (Fsp3) is 0.500. The number of hydrogen-bond donors (Lipinski definition) is 4. The lowest BCUT2D eigenvalue weighted by atomic mass is 10.3. The van der Waals surface area contributed by atoms with E-state index in [2.05, 4.69) is 21.0 Å². The molecule has 1 saturated carbocycles. The van der Waals surface area contributed by atoms with Crippen LogP contribution in [0.1, 0.15) is 19.8 Å². The number of hydrogen-bond acceptors (Lipinski definition) is 4. The highest BCUT2D eigenvalue weighted by Gasteiger charge is 2.26. The van der Waals surface area contributed by atoms with Gasteiger partial charge in [-0.15, -0.1) is 0 Å². The average molecular weight is 295 g/mol. The van der Waals surface area contributed by atoms with Gasteiger partial charge in [0.05, 0.1) is 11.9 Å². The van der Waals surface area contributed by atoms with Gasteiger partial charge in [0.2, 0.25) is 5.91 Å². The molecule has 0 aromatic carbocycles. The molecular formula is C12H17N5O4. The summed E-state index contributed by atoms with van der Waals surface area (Å²) in [5, 5.41) is 20.2. The molecule has 9 nitrogen and oxygen atoms in total. The highest BCUT2D eigenvalue weighted by Crippen LogP contribution is 2.18. The number of urea groups is 1. The second-order valence-corrected chi connectivity index (χ2v) is 4.92. The minimum absolute atomic E-state index is 0.228. The molecule has 1 fully saturated rings. The quantitative estimate of drug-likeness (QED) is 0.576. The summed E-state index contributed by atoms with van der Waals surface area (Å²) in [6.07, 6.45) is 4.68. The molecule has 0 bridgehead atoms. The Morgan fingerprint density at radius 1 is 1.48 bits per heavy atom. The minimum atomic E-state index is -1.03. The zero-order chi connectivity index (χ0) is 15.4. The summed E-state index contributed by atoms with van der Waals surface area (Å²) in [6.45, 7) is 1.30. The van der Waals surface area contributed by atoms with E-state index in [1.165, 1.54) is 17.1 Å². The first kappa shape index (κ1) is 14.8. The van der Waals surface area contributed by atoms with Gasteiger partial charge in [-0.25, -0.2) is 4.79 Å². The fourth-order valence-electron chi connectivity index (χ4n) is 1.64. The van der Waals surface area contributed by atoms with Crippen molar-refractivity contribution in [3.63, 3.8) is 0 Å². The van der Waals surface area contributed by atoms with Crippen molar-refractivity contribution < 1.29 is 19.5 Å². The summed E-state index contributed by atoms with van der Waals surface area (Å²) in [7, 11) is 0. The van der Waals surface area contributed by atoms with Crippen LogP contribution in [0.3, 0.4) is 0 Å². The minimum Gasteiger partial charge on any atom is -0.480 e. The van der Waals surface area contributed by atoms with Crippen LogP contribution in [0.2, 0.25) is 0 Å². The Morgan fingerprint density at radius 2 is 2.19 bits per heavy atom. The number of aliphatic carboxylic acids is 1. The Labute approximate surface area is 120 Å². The van der Waals surface area contributed by atoms with E-state index in [1.54, 1.807) is 6.92 Å². The molecule has 0 radical (unpaired) electrons. The Morgan fingerprint density at radius 3 is 2.81 bits per heavy atom. The molecule has 9 heteroatoms. The molecule has 0 aliphatic heterocycles. The van der Waals surface area contributed by atoms with Crippen molar-refractivity contribution in [2.45, 2.75) is 38.4 Å². The normalized spacial score (nSPS) is 15.1. The number of carboxylic acid groups (broad SMARTS) is 1. The third kappa shape index (κ3) is 4.79. The molecule has 114 valence electrons. The third-order valence-electron chi connectivity index (χ3n) is 2.85. The maximum Gasteiger partial charge on any atom is 0.325 e. The highest BCUT2D eigenvalue weighted by atomic mass is 16.4. The highest BCUT2D eigenvalue weighted by molar-refractivity contribution is 5.93. The van der Waals surface area contributed by atoms with E-state index in [0.29, 0.717) is 5.69 Å². The van der Waals surface area contributed by atoms with Crippen molar-refractivity contribution >= 4 is 23.6 Å². The molecule has 1 heterocycles. The third-order valence-corrected chi connectivity index (χ3v) is 2.85. The maximum atomic E-state index is 11.7. The lowest BCUT2D eigenvalue weighted by Crippen LogP contribution is -2.46. The lowest BCUT2D eigenvalue weighted by Gasteiger charge is -2.13. The molecule has 1 aromatic heterocycles. The summed E-state index contributed by atoms with van der Waals surface area (Å²) in [6, 6.07) is -0.970. The molecule has 1 unspecified atom stereocenters. The predicted molar refractivity (Wildman–Crippen MR) is 72.6 cm³/mol. The van der Waals surface area contributed by atoms with E-state index in [1.807, 2.05) is 0 Å². The molecule has 3 amide bonds. The first-order valence-electron chi connectivity index (χ1n) is 6.56. The Bertz CT molecular complexity index is 552. The number of carbonyl (C=O) groups is 3. The van der Waals surface area contributed by atoms with Crippen LogP contribution in [0.5, 0.6) is 0 Å². The summed E-state index contributed by atoms with van der Waals surface area (Å²) >= 11 is 0. The van der Waals surface area contributed by atoms with Gasteiger partial charge in [0, 0.05) is 12.2 Å². The fourth-order valence-corrected chi connectivity index (χ4v) is 1.64. The van der Waals surface area contributed by atoms with Gasteiger partial charge in [-0.05, 0) is 19.8 Å². The summed E-state index contributed by atoms with van der Waals surface area (Å²) < 4.78 is 1.18. The van der Waals surface area contributed by atoms with Gasteiger partial charge in [-0.1, -0.05) is 0 Å². The number of anilines is 1. The second-order valence-electron chi connectivity index (χ2n) is 4.92. The molecule has 2 rings (SSSR count). The van der Waals surface area contributed by atoms with Crippen molar-refractivity contribution in [3.05, 3.63) is 12.4 Å². The number of rotatable bonds is 6. The van der Waals surface area contributed by atoms with E-state index < -0.39 is 18.0 Å². The average Bonchev–Trinajstić information content (AvgIpc) is 3.09. The number of carbonyl (C=O) groups excluding carboxylic acids is 2. The summed E-state index contributed by atoms with van der Waals surface area (Å²) in [5.74, 6) is -1.26. The zero-order valence-electron chi connectivity index (χ0n) is 11.5. The van der Waals surface area contributed by atoms with Crippen molar-refractivity contribution in [3.8, 4) is 0 Å². The van der Waals surface area contributed by atoms with Crippen molar-refractivity contribution in [2.24, 2.45) is 0 Å². The van der Waals surface area contributed by atoms with E-state index in [-0.39, 0.29) is 18.5 Å². The number of nitrogens with zero attached hydrogens (tertiary/aromatic N) is 2. The van der Waals surface area contributed by atoms with E-state index in [4.69, 9.17) is 5.11 Å². The van der Waals surface area contributed by atoms with Gasteiger partial charge in [0.25, 0.3) is 0 Å². The van der Waals surface area contributed by atoms with Gasteiger partial charge in [0.15, 0.2) is 0 Å². The molecule has 1 aromatic rings. The van der Waals surface area contributed by atoms with E-state index >= 15 is 0 Å². The molecule has 0 saturated heterocycles. The van der Waals surface area contributed by atoms with Crippen LogP contribution in [-0.4, -0.2) is 44.9 Å². The first-order valence-corrected chi connectivity index (χ1v) is 6.56. The zero-order valence-corrected chi connectivity index (χ0v) is 11.5. The van der Waals surface area contributed by atoms with Crippen molar-refractivity contribution in [1.82, 2.24) is 20.4 Å². The van der Waals surface area contributed by atoms with Crippen LogP contribution in [0, 0.1) is 0 Å². The van der Waals surface area contributed by atoms with Crippen LogP contribution in [0.15, 0.2) is 12.4 Å². The van der Waals surface area contributed by atoms with Crippen LogP contribution in [0.25, 0.3) is 0 Å². The molecule has 4 N–H and O–H groups in total. The van der Waals surface area contributed by atoms with Gasteiger partial charge in [-0.2, -0.15) is 5.10 Å². The Kier molecular flexibility index (Phi) is 4.41. The number of aromatic nitrogens is 2. The molecule has 1 atom stereocenters. The van der Waals surface area contributed by atoms with E-state index in [0.717, 1.165) is 12.8 Å². The first-order chi connectivity index (χ1) is 9.94. The standard InChI is InChI=1S/C12H17N5O4/c1-7(11(20)15-8-2-3-8)14-12(21)16-9-4-13-17(5-9)6-10(18)19/h4-5,7-8H,2-3,6H2,1H3,(H,15,20)(H,18,19)(H2,14,16,21). The molecule has 1 aliphatic rings. The number of carboxylic acids is 1. The van der Waals surface area contributed by atoms with Crippen molar-refractivity contribution in [1.29, 1.82) is 0 Å². The number of amides is 3.